The Morgan fingerprint density at radius 2 is 2.08 bits per heavy atom. The van der Waals surface area contributed by atoms with Crippen molar-refractivity contribution in [2.75, 3.05) is 13.1 Å². The molecule has 1 aromatic heterocycles. The lowest BCUT2D eigenvalue weighted by molar-refractivity contribution is -0.134. The van der Waals surface area contributed by atoms with E-state index in [1.165, 1.54) is 5.52 Å². The minimum absolute atomic E-state index is 0. The number of carbonyl (C=O) groups is 1. The van der Waals surface area contributed by atoms with Crippen LogP contribution in [0.1, 0.15) is 64.2 Å². The normalized spacial score (nSPS) is 18.8. The fourth-order valence-corrected chi connectivity index (χ4v) is 3.95. The maximum atomic E-state index is 12.6. The molecule has 26 heavy (non-hydrogen) atoms. The highest BCUT2D eigenvalue weighted by molar-refractivity contribution is 5.85. The zero-order chi connectivity index (χ0) is 18.0. The van der Waals surface area contributed by atoms with Crippen LogP contribution in [0.5, 0.6) is 0 Å². The van der Waals surface area contributed by atoms with E-state index in [1.54, 1.807) is 0 Å². The van der Waals surface area contributed by atoms with E-state index in [0.717, 1.165) is 50.1 Å². The number of halogens is 1. The number of rotatable bonds is 5. The van der Waals surface area contributed by atoms with Crippen LogP contribution in [-0.4, -0.2) is 39.5 Å². The van der Waals surface area contributed by atoms with Gasteiger partial charge >= 0.3 is 0 Å². The van der Waals surface area contributed by atoms with Gasteiger partial charge in [-0.2, -0.15) is 0 Å². The van der Waals surface area contributed by atoms with Gasteiger partial charge in [0.25, 0.3) is 0 Å². The molecule has 1 saturated heterocycles. The molecule has 3 rings (SSSR count). The smallest absolute Gasteiger partial charge is 0.239 e. The zero-order valence-electron chi connectivity index (χ0n) is 16.0. The van der Waals surface area contributed by atoms with Crippen molar-refractivity contribution < 1.29 is 4.79 Å². The van der Waals surface area contributed by atoms with E-state index >= 15 is 0 Å². The second-order valence-electron chi connectivity index (χ2n) is 7.44. The van der Waals surface area contributed by atoms with Crippen LogP contribution >= 0.6 is 12.4 Å². The summed E-state index contributed by atoms with van der Waals surface area (Å²) in [5.41, 5.74) is 8.29. The number of amides is 1. The molecule has 0 bridgehead atoms. The van der Waals surface area contributed by atoms with Gasteiger partial charge < -0.3 is 15.2 Å². The monoisotopic (exact) mass is 378 g/mol. The van der Waals surface area contributed by atoms with Gasteiger partial charge in [-0.05, 0) is 45.2 Å². The third-order valence-electron chi connectivity index (χ3n) is 5.15. The summed E-state index contributed by atoms with van der Waals surface area (Å²) in [7, 11) is 0. The lowest BCUT2D eigenvalue weighted by Crippen LogP contribution is -2.47. The number of nitrogens with zero attached hydrogens (tertiary/aromatic N) is 3. The van der Waals surface area contributed by atoms with Crippen molar-refractivity contribution in [3.63, 3.8) is 0 Å². The molecule has 2 unspecified atom stereocenters. The Morgan fingerprint density at radius 3 is 2.77 bits per heavy atom. The molecule has 144 valence electrons. The van der Waals surface area contributed by atoms with Gasteiger partial charge in [-0.1, -0.05) is 25.5 Å². The van der Waals surface area contributed by atoms with Gasteiger partial charge in [-0.15, -0.1) is 12.4 Å². The number of nitrogens with two attached hydrogens (primary N) is 1. The van der Waals surface area contributed by atoms with Crippen molar-refractivity contribution in [3.8, 4) is 0 Å². The van der Waals surface area contributed by atoms with Gasteiger partial charge in [-0.3, -0.25) is 4.79 Å². The van der Waals surface area contributed by atoms with E-state index < -0.39 is 0 Å². The molecule has 1 aromatic carbocycles. The summed E-state index contributed by atoms with van der Waals surface area (Å²) in [4.78, 5) is 19.5. The van der Waals surface area contributed by atoms with Crippen molar-refractivity contribution in [2.45, 2.75) is 64.5 Å². The average Bonchev–Trinajstić information content (AvgIpc) is 3.01. The Hall–Kier alpha value is -1.59. The number of imidazole rings is 1. The molecule has 0 radical (unpaired) electrons. The molecule has 6 heteroatoms. The molecule has 2 aromatic rings. The minimum Gasteiger partial charge on any atom is -0.341 e. The SMILES string of the molecule is CCCC(N)C(=O)N1CCCC(c2nc3ccccc3n2C(C)C)C1.Cl. The Kier molecular flexibility index (Phi) is 7.07. The third-order valence-corrected chi connectivity index (χ3v) is 5.15. The van der Waals surface area contributed by atoms with E-state index in [2.05, 4.69) is 43.5 Å². The largest absolute Gasteiger partial charge is 0.341 e. The van der Waals surface area contributed by atoms with Gasteiger partial charge in [0, 0.05) is 25.0 Å². The van der Waals surface area contributed by atoms with Gasteiger partial charge in [0.1, 0.15) is 5.82 Å². The van der Waals surface area contributed by atoms with Crippen LogP contribution in [0.4, 0.5) is 0 Å². The second kappa shape index (κ2) is 8.87. The third kappa shape index (κ3) is 4.04. The van der Waals surface area contributed by atoms with E-state index in [1.807, 2.05) is 11.0 Å². The number of carbonyl (C=O) groups excluding carboxylic acids is 1. The molecule has 1 fully saturated rings. The van der Waals surface area contributed by atoms with Gasteiger partial charge in [0.05, 0.1) is 17.1 Å². The predicted octanol–water partition coefficient (Wildman–Crippen LogP) is 3.87. The number of benzene rings is 1. The van der Waals surface area contributed by atoms with E-state index in [9.17, 15) is 4.79 Å². The minimum atomic E-state index is -0.368. The summed E-state index contributed by atoms with van der Waals surface area (Å²) in [6.45, 7) is 8.00. The molecule has 1 aliphatic rings. The van der Waals surface area contributed by atoms with Crippen molar-refractivity contribution >= 4 is 29.3 Å². The second-order valence-corrected chi connectivity index (χ2v) is 7.44. The highest BCUT2D eigenvalue weighted by Crippen LogP contribution is 2.31. The van der Waals surface area contributed by atoms with E-state index in [-0.39, 0.29) is 30.3 Å². The summed E-state index contributed by atoms with van der Waals surface area (Å²) >= 11 is 0. The van der Waals surface area contributed by atoms with Crippen molar-refractivity contribution in [1.82, 2.24) is 14.5 Å². The molecule has 0 saturated carbocycles. The van der Waals surface area contributed by atoms with Crippen molar-refractivity contribution in [3.05, 3.63) is 30.1 Å². The molecule has 2 atom stereocenters. The standard InChI is InChI=1S/C20H30N4O.ClH/c1-4-8-16(21)20(25)23-12-7-9-15(13-23)19-22-17-10-5-6-11-18(17)24(19)14(2)3;/h5-6,10-11,14-16H,4,7-9,12-13,21H2,1-3H3;1H. The summed E-state index contributed by atoms with van der Waals surface area (Å²) in [6, 6.07) is 8.27. The van der Waals surface area contributed by atoms with Gasteiger partial charge in [0.15, 0.2) is 0 Å². The first-order valence-electron chi connectivity index (χ1n) is 9.54. The highest BCUT2D eigenvalue weighted by Gasteiger charge is 2.30. The number of para-hydroxylation sites is 2. The molecule has 5 nitrogen and oxygen atoms in total. The van der Waals surface area contributed by atoms with Crippen LogP contribution in [0.15, 0.2) is 24.3 Å². The Morgan fingerprint density at radius 1 is 1.35 bits per heavy atom. The topological polar surface area (TPSA) is 64.2 Å². The maximum Gasteiger partial charge on any atom is 0.239 e. The fourth-order valence-electron chi connectivity index (χ4n) is 3.95. The number of piperidine rings is 1. The lowest BCUT2D eigenvalue weighted by Gasteiger charge is -2.34. The molecule has 0 spiro atoms. The van der Waals surface area contributed by atoms with Gasteiger partial charge in [0.2, 0.25) is 5.91 Å². The van der Waals surface area contributed by atoms with Crippen LogP contribution < -0.4 is 5.73 Å². The molecule has 1 aliphatic heterocycles. The average molecular weight is 379 g/mol. The number of hydrogen-bond acceptors (Lipinski definition) is 3. The van der Waals surface area contributed by atoms with Crippen LogP contribution in [0.25, 0.3) is 11.0 Å². The summed E-state index contributed by atoms with van der Waals surface area (Å²) in [5, 5.41) is 0. The lowest BCUT2D eigenvalue weighted by atomic mass is 9.96. The maximum absolute atomic E-state index is 12.6. The van der Waals surface area contributed by atoms with E-state index in [0.29, 0.717) is 6.04 Å². The summed E-state index contributed by atoms with van der Waals surface area (Å²) in [6.07, 6.45) is 3.78. The van der Waals surface area contributed by atoms with Crippen molar-refractivity contribution in [1.29, 1.82) is 0 Å². The highest BCUT2D eigenvalue weighted by atomic mass is 35.5. The molecule has 1 amide bonds. The van der Waals surface area contributed by atoms with Crippen LogP contribution in [0, 0.1) is 0 Å². The fraction of sp³-hybridized carbons (Fsp3) is 0.600. The number of likely N-dealkylation sites (tertiary alicyclic amines) is 1. The Labute approximate surface area is 162 Å². The molecule has 0 aliphatic carbocycles. The van der Waals surface area contributed by atoms with Crippen LogP contribution in [-0.2, 0) is 4.79 Å². The summed E-state index contributed by atoms with van der Waals surface area (Å²) in [5.74, 6) is 1.48. The number of fused-ring (bicyclic) bond motifs is 1. The Balaban J connectivity index is 0.00000243. The predicted molar refractivity (Wildman–Crippen MR) is 109 cm³/mol. The molecule has 2 N–H and O–H groups in total. The number of hydrogen-bond donors (Lipinski definition) is 1. The quantitative estimate of drug-likeness (QED) is 0.858. The van der Waals surface area contributed by atoms with Gasteiger partial charge in [-0.25, -0.2) is 4.98 Å². The molecule has 2 heterocycles. The first kappa shape index (κ1) is 20.7. The van der Waals surface area contributed by atoms with E-state index in [4.69, 9.17) is 10.7 Å². The zero-order valence-corrected chi connectivity index (χ0v) is 16.8. The Bertz CT molecular complexity index is 742. The van der Waals surface area contributed by atoms with Crippen molar-refractivity contribution in [2.24, 2.45) is 5.73 Å². The summed E-state index contributed by atoms with van der Waals surface area (Å²) < 4.78 is 2.33. The van der Waals surface area contributed by atoms with Crippen LogP contribution in [0.3, 0.4) is 0 Å². The first-order valence-corrected chi connectivity index (χ1v) is 9.54. The van der Waals surface area contributed by atoms with Crippen LogP contribution in [0.2, 0.25) is 0 Å². The molecular formula is C20H31ClN4O. The number of aromatic nitrogens is 2. The first-order chi connectivity index (χ1) is 12.0. The molecular weight excluding hydrogens is 348 g/mol.